The highest BCUT2D eigenvalue weighted by Gasteiger charge is 2.34. The van der Waals surface area contributed by atoms with Crippen molar-refractivity contribution in [3.05, 3.63) is 48.3 Å². The molecule has 0 spiro atoms. The van der Waals surface area contributed by atoms with Crippen LogP contribution in [0.15, 0.2) is 36.9 Å². The lowest BCUT2D eigenvalue weighted by Crippen LogP contribution is -2.48. The topological polar surface area (TPSA) is 59.3 Å². The zero-order chi connectivity index (χ0) is 19.3. The van der Waals surface area contributed by atoms with Gasteiger partial charge in [-0.3, -0.25) is 9.80 Å². The first kappa shape index (κ1) is 19.1. The Labute approximate surface area is 167 Å². The van der Waals surface area contributed by atoms with Crippen LogP contribution in [0.2, 0.25) is 0 Å². The SMILES string of the molecule is C=CCN1CCN([C@@H](c2ccccc2OC)c2nnnn2C2CCCC2)CC1. The second kappa shape index (κ2) is 8.84. The molecule has 1 aromatic carbocycles. The Bertz CT molecular complexity index is 777. The summed E-state index contributed by atoms with van der Waals surface area (Å²) >= 11 is 0. The minimum Gasteiger partial charge on any atom is -0.496 e. The number of rotatable bonds is 7. The fourth-order valence-corrected chi connectivity index (χ4v) is 4.57. The summed E-state index contributed by atoms with van der Waals surface area (Å²) in [6.07, 6.45) is 6.80. The van der Waals surface area contributed by atoms with Gasteiger partial charge in [-0.15, -0.1) is 11.7 Å². The molecule has 1 aliphatic carbocycles. The lowest BCUT2D eigenvalue weighted by atomic mass is 10.0. The van der Waals surface area contributed by atoms with E-state index < -0.39 is 0 Å². The van der Waals surface area contributed by atoms with Crippen molar-refractivity contribution in [3.63, 3.8) is 0 Å². The number of methoxy groups -OCH3 is 1. The van der Waals surface area contributed by atoms with Crippen molar-refractivity contribution >= 4 is 0 Å². The second-order valence-corrected chi connectivity index (χ2v) is 7.69. The van der Waals surface area contributed by atoms with Gasteiger partial charge in [0.1, 0.15) is 11.8 Å². The van der Waals surface area contributed by atoms with Crippen LogP contribution in [0, 0.1) is 0 Å². The van der Waals surface area contributed by atoms with Gasteiger partial charge in [0.25, 0.3) is 0 Å². The first-order valence-electron chi connectivity index (χ1n) is 10.3. The van der Waals surface area contributed by atoms with Gasteiger partial charge in [-0.05, 0) is 29.3 Å². The zero-order valence-electron chi connectivity index (χ0n) is 16.7. The summed E-state index contributed by atoms with van der Waals surface area (Å²) in [5.74, 6) is 1.83. The van der Waals surface area contributed by atoms with Crippen molar-refractivity contribution in [1.82, 2.24) is 30.0 Å². The number of piperazine rings is 1. The van der Waals surface area contributed by atoms with Crippen molar-refractivity contribution in [3.8, 4) is 5.75 Å². The molecule has 150 valence electrons. The Balaban J connectivity index is 1.69. The third kappa shape index (κ3) is 3.82. The summed E-state index contributed by atoms with van der Waals surface area (Å²) in [7, 11) is 1.73. The molecule has 28 heavy (non-hydrogen) atoms. The van der Waals surface area contributed by atoms with Crippen LogP contribution in [0.1, 0.15) is 49.2 Å². The molecule has 0 radical (unpaired) electrons. The number of nitrogens with zero attached hydrogens (tertiary/aromatic N) is 6. The maximum Gasteiger partial charge on any atom is 0.173 e. The largest absolute Gasteiger partial charge is 0.496 e. The quantitative estimate of drug-likeness (QED) is 0.686. The van der Waals surface area contributed by atoms with Crippen LogP contribution < -0.4 is 4.74 Å². The van der Waals surface area contributed by atoms with E-state index in [1.165, 1.54) is 12.8 Å². The van der Waals surface area contributed by atoms with Gasteiger partial charge in [-0.1, -0.05) is 37.1 Å². The Hall–Kier alpha value is -2.25. The van der Waals surface area contributed by atoms with Crippen LogP contribution in [0.4, 0.5) is 0 Å². The molecule has 0 amide bonds. The Kier molecular flexibility index (Phi) is 6.02. The highest BCUT2D eigenvalue weighted by Crippen LogP contribution is 2.37. The van der Waals surface area contributed by atoms with Gasteiger partial charge in [0, 0.05) is 38.3 Å². The highest BCUT2D eigenvalue weighted by atomic mass is 16.5. The summed E-state index contributed by atoms with van der Waals surface area (Å²) in [6, 6.07) is 8.67. The van der Waals surface area contributed by atoms with E-state index in [0.717, 1.165) is 62.7 Å². The molecule has 0 unspecified atom stereocenters. The van der Waals surface area contributed by atoms with E-state index in [-0.39, 0.29) is 6.04 Å². The summed E-state index contributed by atoms with van der Waals surface area (Å²) in [5, 5.41) is 13.0. The van der Waals surface area contributed by atoms with Gasteiger partial charge in [0.15, 0.2) is 5.82 Å². The average molecular weight is 383 g/mol. The van der Waals surface area contributed by atoms with Crippen LogP contribution in [-0.4, -0.2) is 69.8 Å². The standard InChI is InChI=1S/C21H30N6O/c1-3-12-25-13-15-26(16-14-25)20(18-10-6-7-11-19(18)28-2)21-22-23-24-27(21)17-8-4-5-9-17/h3,6-7,10-11,17,20H,1,4-5,8-9,12-16H2,2H3/t20-/m0/s1. The lowest BCUT2D eigenvalue weighted by Gasteiger charge is -2.39. The van der Waals surface area contributed by atoms with Gasteiger partial charge in [-0.2, -0.15) is 0 Å². The molecule has 2 aliphatic rings. The van der Waals surface area contributed by atoms with E-state index >= 15 is 0 Å². The van der Waals surface area contributed by atoms with Crippen LogP contribution in [0.25, 0.3) is 0 Å². The minimum atomic E-state index is -0.00219. The predicted molar refractivity (Wildman–Crippen MR) is 108 cm³/mol. The molecule has 1 aliphatic heterocycles. The Morgan fingerprint density at radius 3 is 2.64 bits per heavy atom. The van der Waals surface area contributed by atoms with Crippen molar-refractivity contribution in [2.24, 2.45) is 0 Å². The normalized spacial score (nSPS) is 20.3. The third-order valence-electron chi connectivity index (χ3n) is 6.03. The van der Waals surface area contributed by atoms with E-state index in [9.17, 15) is 0 Å². The van der Waals surface area contributed by atoms with Crippen LogP contribution in [0.3, 0.4) is 0 Å². The first-order valence-corrected chi connectivity index (χ1v) is 10.3. The van der Waals surface area contributed by atoms with Crippen molar-refractivity contribution < 1.29 is 4.74 Å². The molecular formula is C21H30N6O. The Morgan fingerprint density at radius 2 is 1.93 bits per heavy atom. The number of benzene rings is 1. The fraction of sp³-hybridized carbons (Fsp3) is 0.571. The predicted octanol–water partition coefficient (Wildman–Crippen LogP) is 2.69. The molecule has 1 saturated carbocycles. The van der Waals surface area contributed by atoms with Crippen molar-refractivity contribution in [2.45, 2.75) is 37.8 Å². The number of hydrogen-bond acceptors (Lipinski definition) is 6. The molecule has 2 fully saturated rings. The van der Waals surface area contributed by atoms with Crippen LogP contribution in [-0.2, 0) is 0 Å². The fourth-order valence-electron chi connectivity index (χ4n) is 4.57. The zero-order valence-corrected chi connectivity index (χ0v) is 16.7. The molecule has 0 bridgehead atoms. The van der Waals surface area contributed by atoms with Gasteiger partial charge >= 0.3 is 0 Å². The van der Waals surface area contributed by atoms with Gasteiger partial charge in [-0.25, -0.2) is 4.68 Å². The smallest absolute Gasteiger partial charge is 0.173 e. The average Bonchev–Trinajstić information content (AvgIpc) is 3.42. The molecular weight excluding hydrogens is 352 g/mol. The van der Waals surface area contributed by atoms with Crippen LogP contribution >= 0.6 is 0 Å². The molecule has 7 heteroatoms. The third-order valence-corrected chi connectivity index (χ3v) is 6.03. The molecule has 4 rings (SSSR count). The minimum absolute atomic E-state index is 0.00219. The van der Waals surface area contributed by atoms with Gasteiger partial charge in [0.2, 0.25) is 0 Å². The summed E-state index contributed by atoms with van der Waals surface area (Å²) < 4.78 is 7.80. The molecule has 1 atom stereocenters. The summed E-state index contributed by atoms with van der Waals surface area (Å²) in [4.78, 5) is 4.93. The van der Waals surface area contributed by atoms with Gasteiger partial charge < -0.3 is 4.74 Å². The van der Waals surface area contributed by atoms with E-state index in [4.69, 9.17) is 4.74 Å². The maximum absolute atomic E-state index is 5.71. The molecule has 0 N–H and O–H groups in total. The lowest BCUT2D eigenvalue weighted by molar-refractivity contribution is 0.110. The van der Waals surface area contributed by atoms with Crippen molar-refractivity contribution in [1.29, 1.82) is 0 Å². The summed E-state index contributed by atoms with van der Waals surface area (Å²) in [6.45, 7) is 8.78. The number of aromatic nitrogens is 4. The molecule has 1 aromatic heterocycles. The van der Waals surface area contributed by atoms with E-state index in [1.54, 1.807) is 7.11 Å². The van der Waals surface area contributed by atoms with E-state index in [0.29, 0.717) is 6.04 Å². The number of hydrogen-bond donors (Lipinski definition) is 0. The molecule has 2 aromatic rings. The number of ether oxygens (including phenoxy) is 1. The van der Waals surface area contributed by atoms with E-state index in [2.05, 4.69) is 48.7 Å². The molecule has 7 nitrogen and oxygen atoms in total. The number of para-hydroxylation sites is 1. The van der Waals surface area contributed by atoms with Crippen LogP contribution in [0.5, 0.6) is 5.75 Å². The molecule has 1 saturated heterocycles. The monoisotopic (exact) mass is 382 g/mol. The maximum atomic E-state index is 5.71. The second-order valence-electron chi connectivity index (χ2n) is 7.69. The Morgan fingerprint density at radius 1 is 1.18 bits per heavy atom. The summed E-state index contributed by atoms with van der Waals surface area (Å²) in [5.41, 5.74) is 1.14. The number of tetrazole rings is 1. The van der Waals surface area contributed by atoms with E-state index in [1.807, 2.05) is 18.2 Å². The molecule has 2 heterocycles. The van der Waals surface area contributed by atoms with Crippen molar-refractivity contribution in [2.75, 3.05) is 39.8 Å². The van der Waals surface area contributed by atoms with Gasteiger partial charge in [0.05, 0.1) is 13.2 Å². The first-order chi connectivity index (χ1) is 13.8. The highest BCUT2D eigenvalue weighted by molar-refractivity contribution is 5.39.